The topological polar surface area (TPSA) is 124 Å². The van der Waals surface area contributed by atoms with Crippen LogP contribution in [0.15, 0.2) is 36.5 Å². The van der Waals surface area contributed by atoms with E-state index in [1.165, 1.54) is 173 Å². The fraction of sp³-hybridized carbons (Fsp3) is 0.854. The molecule has 3 unspecified atom stereocenters. The smallest absolute Gasteiger partial charge is 0.267 e. The average Bonchev–Trinajstić information content (AvgIpc) is 3.17. The number of hydrogen-bond donors (Lipinski definition) is 4. The van der Waals surface area contributed by atoms with Crippen molar-refractivity contribution in [2.45, 2.75) is 257 Å². The Bertz CT molecular complexity index is 1040. The molecule has 7 nitrogen and oxygen atoms in total. The van der Waals surface area contributed by atoms with Gasteiger partial charge in [-0.2, -0.15) is 8.42 Å². The van der Waals surface area contributed by atoms with Gasteiger partial charge in [-0.1, -0.05) is 217 Å². The lowest BCUT2D eigenvalue weighted by molar-refractivity contribution is -0.130. The SMILES string of the molecule is CCCCCCCCCCCC/C=C\CCCCCCCCC(O)C(=O)NC(CS(=O)(=O)O)C(O)/C=C/CC/C=C/CCCCCCCCCCCCCCC. The second kappa shape index (κ2) is 41.7. The highest BCUT2D eigenvalue weighted by Crippen LogP contribution is 2.15. The molecule has 0 fully saturated rings. The zero-order chi connectivity index (χ0) is 41.2. The highest BCUT2D eigenvalue weighted by Gasteiger charge is 2.27. The Morgan fingerprint density at radius 2 is 0.804 bits per heavy atom. The third-order valence-electron chi connectivity index (χ3n) is 10.9. The van der Waals surface area contributed by atoms with Gasteiger partial charge in [0.2, 0.25) is 5.91 Å². The predicted octanol–water partition coefficient (Wildman–Crippen LogP) is 13.4. The predicted molar refractivity (Wildman–Crippen MR) is 241 cm³/mol. The van der Waals surface area contributed by atoms with Gasteiger partial charge in [0.05, 0.1) is 17.9 Å². The van der Waals surface area contributed by atoms with Crippen LogP contribution in [0.3, 0.4) is 0 Å². The van der Waals surface area contributed by atoms with Crippen LogP contribution in [0.1, 0.15) is 239 Å². The van der Waals surface area contributed by atoms with E-state index in [0.29, 0.717) is 12.8 Å². The number of carbonyl (C=O) groups excluding carboxylic acids is 1. The van der Waals surface area contributed by atoms with Gasteiger partial charge < -0.3 is 15.5 Å². The van der Waals surface area contributed by atoms with E-state index in [4.69, 9.17) is 0 Å². The number of unbranched alkanes of at least 4 members (excludes halogenated alkanes) is 30. The van der Waals surface area contributed by atoms with Crippen LogP contribution < -0.4 is 5.32 Å². The normalized spacial score (nSPS) is 14.0. The van der Waals surface area contributed by atoms with Gasteiger partial charge in [0.25, 0.3) is 10.1 Å². The minimum absolute atomic E-state index is 0.268. The molecule has 56 heavy (non-hydrogen) atoms. The largest absolute Gasteiger partial charge is 0.387 e. The first-order valence-corrected chi connectivity index (χ1v) is 25.4. The van der Waals surface area contributed by atoms with Crippen molar-refractivity contribution in [1.29, 1.82) is 0 Å². The summed E-state index contributed by atoms with van der Waals surface area (Å²) in [6.07, 6.45) is 52.1. The Morgan fingerprint density at radius 3 is 1.18 bits per heavy atom. The van der Waals surface area contributed by atoms with Crippen molar-refractivity contribution in [2.24, 2.45) is 0 Å². The molecule has 0 aliphatic heterocycles. The van der Waals surface area contributed by atoms with Crippen LogP contribution in [0.25, 0.3) is 0 Å². The number of amides is 1. The highest BCUT2D eigenvalue weighted by atomic mass is 32.2. The zero-order valence-corrected chi connectivity index (χ0v) is 37.4. The minimum Gasteiger partial charge on any atom is -0.387 e. The van der Waals surface area contributed by atoms with Gasteiger partial charge in [-0.05, 0) is 57.8 Å². The molecule has 0 aromatic heterocycles. The lowest BCUT2D eigenvalue weighted by Gasteiger charge is -2.22. The quantitative estimate of drug-likeness (QED) is 0.0276. The Labute approximate surface area is 347 Å². The summed E-state index contributed by atoms with van der Waals surface area (Å²) in [5.74, 6) is -1.56. The average molecular weight is 810 g/mol. The van der Waals surface area contributed by atoms with Crippen molar-refractivity contribution in [3.8, 4) is 0 Å². The van der Waals surface area contributed by atoms with Gasteiger partial charge >= 0.3 is 0 Å². The fourth-order valence-electron chi connectivity index (χ4n) is 7.23. The Morgan fingerprint density at radius 1 is 0.482 bits per heavy atom. The minimum atomic E-state index is -4.46. The maximum Gasteiger partial charge on any atom is 0.267 e. The summed E-state index contributed by atoms with van der Waals surface area (Å²) >= 11 is 0. The number of hydrogen-bond acceptors (Lipinski definition) is 5. The van der Waals surface area contributed by atoms with Crippen LogP contribution in [-0.2, 0) is 14.9 Å². The summed E-state index contributed by atoms with van der Waals surface area (Å²) in [6, 6.07) is -1.25. The summed E-state index contributed by atoms with van der Waals surface area (Å²) in [7, 11) is -4.46. The molecule has 0 aliphatic rings. The van der Waals surface area contributed by atoms with Crippen molar-refractivity contribution in [3.63, 3.8) is 0 Å². The van der Waals surface area contributed by atoms with E-state index >= 15 is 0 Å². The Hall–Kier alpha value is -1.48. The van der Waals surface area contributed by atoms with E-state index in [1.54, 1.807) is 6.08 Å². The summed E-state index contributed by atoms with van der Waals surface area (Å²) < 4.78 is 32.6. The number of rotatable bonds is 43. The number of aliphatic hydroxyl groups is 2. The molecular weight excluding hydrogens is 719 g/mol. The van der Waals surface area contributed by atoms with Crippen LogP contribution in [0.4, 0.5) is 0 Å². The molecule has 4 N–H and O–H groups in total. The maximum absolute atomic E-state index is 12.6. The molecule has 0 bridgehead atoms. The molecule has 330 valence electrons. The molecule has 0 aromatic carbocycles. The Balaban J connectivity index is 3.99. The number of carbonyl (C=O) groups is 1. The van der Waals surface area contributed by atoms with E-state index in [0.717, 1.165) is 38.5 Å². The fourth-order valence-corrected chi connectivity index (χ4v) is 7.97. The summed E-state index contributed by atoms with van der Waals surface area (Å²) in [5.41, 5.74) is 0. The van der Waals surface area contributed by atoms with Crippen molar-refractivity contribution in [1.82, 2.24) is 5.32 Å². The van der Waals surface area contributed by atoms with E-state index < -0.39 is 40.0 Å². The van der Waals surface area contributed by atoms with E-state index in [1.807, 2.05) is 0 Å². The molecule has 1 amide bonds. The third kappa shape index (κ3) is 40.7. The molecule has 0 radical (unpaired) electrons. The van der Waals surface area contributed by atoms with Gasteiger partial charge in [0.1, 0.15) is 6.10 Å². The molecular formula is C48H91NO6S. The second-order valence-electron chi connectivity index (χ2n) is 16.5. The van der Waals surface area contributed by atoms with Crippen LogP contribution in [0.5, 0.6) is 0 Å². The molecule has 8 heteroatoms. The van der Waals surface area contributed by atoms with Crippen molar-refractivity contribution >= 4 is 16.0 Å². The molecule has 0 rings (SSSR count). The van der Waals surface area contributed by atoms with Crippen LogP contribution >= 0.6 is 0 Å². The first-order chi connectivity index (χ1) is 27.2. The molecule has 3 atom stereocenters. The molecule has 0 saturated heterocycles. The first kappa shape index (κ1) is 54.5. The van der Waals surface area contributed by atoms with Crippen LogP contribution in [0, 0.1) is 0 Å². The summed E-state index contributed by atoms with van der Waals surface area (Å²) in [4.78, 5) is 12.6. The monoisotopic (exact) mass is 810 g/mol. The van der Waals surface area contributed by atoms with E-state index in [2.05, 4.69) is 43.5 Å². The third-order valence-corrected chi connectivity index (χ3v) is 11.7. The maximum atomic E-state index is 12.6. The molecule has 0 saturated carbocycles. The number of nitrogens with one attached hydrogen (secondary N) is 1. The first-order valence-electron chi connectivity index (χ1n) is 23.8. The van der Waals surface area contributed by atoms with Gasteiger partial charge in [-0.3, -0.25) is 9.35 Å². The van der Waals surface area contributed by atoms with Crippen LogP contribution in [-0.4, -0.2) is 53.1 Å². The van der Waals surface area contributed by atoms with Gasteiger partial charge in [0, 0.05) is 0 Å². The van der Waals surface area contributed by atoms with Crippen molar-refractivity contribution in [3.05, 3.63) is 36.5 Å². The molecule has 0 aliphatic carbocycles. The summed E-state index contributed by atoms with van der Waals surface area (Å²) in [6.45, 7) is 4.53. The summed E-state index contributed by atoms with van der Waals surface area (Å²) in [5, 5.41) is 23.5. The lowest BCUT2D eigenvalue weighted by atomic mass is 10.0. The van der Waals surface area contributed by atoms with E-state index in [9.17, 15) is 28.0 Å². The zero-order valence-electron chi connectivity index (χ0n) is 36.6. The molecule has 0 heterocycles. The van der Waals surface area contributed by atoms with Gasteiger partial charge in [-0.25, -0.2) is 0 Å². The number of aliphatic hydroxyl groups excluding tert-OH is 2. The highest BCUT2D eigenvalue weighted by molar-refractivity contribution is 7.85. The van der Waals surface area contributed by atoms with Crippen LogP contribution in [0.2, 0.25) is 0 Å². The van der Waals surface area contributed by atoms with Crippen molar-refractivity contribution in [2.75, 3.05) is 5.75 Å². The molecule has 0 aromatic rings. The van der Waals surface area contributed by atoms with E-state index in [-0.39, 0.29) is 6.42 Å². The van der Waals surface area contributed by atoms with Gasteiger partial charge in [-0.15, -0.1) is 0 Å². The number of allylic oxidation sites excluding steroid dienone is 5. The van der Waals surface area contributed by atoms with Gasteiger partial charge in [0.15, 0.2) is 0 Å². The Kier molecular flexibility index (Phi) is 40.6. The van der Waals surface area contributed by atoms with Crippen molar-refractivity contribution < 1.29 is 28.0 Å². The lowest BCUT2D eigenvalue weighted by Crippen LogP contribution is -2.50. The standard InChI is InChI=1S/C48H91NO6S/c1-3-5-7-9-11-13-15-17-19-21-23-25-27-29-31-33-35-37-39-41-43-47(51)48(52)49-45(44-56(53,54)55)46(50)42-40-38-36-34-32-30-28-26-24-22-20-18-16-14-12-10-8-6-4-2/h25,27,32,34,40,42,45-47,50-51H,3-24,26,28-31,33,35-39,41,43-44H2,1-2H3,(H,49,52)(H,53,54,55)/b27-25-,34-32+,42-40+. The molecule has 0 spiro atoms. The second-order valence-corrected chi connectivity index (χ2v) is 18.0.